The van der Waals surface area contributed by atoms with Crippen molar-refractivity contribution in [2.24, 2.45) is 0 Å². The Kier molecular flexibility index (Phi) is 15.0. The molecule has 22 heavy (non-hydrogen) atoms. The smallest absolute Gasteiger partial charge is 0.336 e. The van der Waals surface area contributed by atoms with Crippen LogP contribution in [0.4, 0.5) is 0 Å². The van der Waals surface area contributed by atoms with E-state index >= 15 is 0 Å². The first-order valence-electron chi connectivity index (χ1n) is 8.20. The van der Waals surface area contributed by atoms with E-state index in [1.165, 1.54) is 0 Å². The summed E-state index contributed by atoms with van der Waals surface area (Å²) in [7, 11) is 0. The second-order valence-corrected chi connectivity index (χ2v) is 5.22. The number of carbonyl (C=O) groups is 1. The fourth-order valence-corrected chi connectivity index (χ4v) is 1.99. The fraction of sp³-hybridized carbons (Fsp3) is 0.611. The zero-order valence-corrected chi connectivity index (χ0v) is 13.6. The predicted octanol–water partition coefficient (Wildman–Crippen LogP) is 5.13. The van der Waals surface area contributed by atoms with Crippen molar-refractivity contribution in [3.63, 3.8) is 0 Å². The van der Waals surface area contributed by atoms with Gasteiger partial charge in [0.2, 0.25) is 0 Å². The lowest BCUT2D eigenvalue weighted by atomic mass is 10.1. The van der Waals surface area contributed by atoms with Crippen molar-refractivity contribution in [3.05, 3.63) is 36.5 Å². The predicted molar refractivity (Wildman–Crippen MR) is 89.8 cm³/mol. The van der Waals surface area contributed by atoms with Crippen LogP contribution in [0.25, 0.3) is 0 Å². The van der Waals surface area contributed by atoms with E-state index in [4.69, 9.17) is 10.4 Å². The van der Waals surface area contributed by atoms with E-state index in [9.17, 15) is 4.79 Å². The Bertz CT molecular complexity index is 345. The summed E-state index contributed by atoms with van der Waals surface area (Å²) in [5.41, 5.74) is 0. The van der Waals surface area contributed by atoms with Crippen LogP contribution in [-0.4, -0.2) is 22.4 Å². The van der Waals surface area contributed by atoms with E-state index in [0.717, 1.165) is 51.4 Å². The average Bonchev–Trinajstić information content (AvgIpc) is 2.51. The summed E-state index contributed by atoms with van der Waals surface area (Å²) in [4.78, 5) is 14.5. The molecule has 0 amide bonds. The Morgan fingerprint density at radius 1 is 0.955 bits per heavy atom. The molecule has 1 atom stereocenters. The number of unbranched alkanes of at least 4 members (excludes halogenated alkanes) is 4. The minimum Gasteiger partial charge on any atom is -0.479 e. The monoisotopic (exact) mass is 310 g/mol. The van der Waals surface area contributed by atoms with Gasteiger partial charge in [0.15, 0.2) is 6.10 Å². The first kappa shape index (κ1) is 20.6. The minimum absolute atomic E-state index is 0.360. The van der Waals surface area contributed by atoms with Crippen molar-refractivity contribution in [2.45, 2.75) is 70.8 Å². The number of hydrogen-bond donors (Lipinski definition) is 2. The lowest BCUT2D eigenvalue weighted by Gasteiger charge is -2.07. The number of aliphatic carboxylic acids is 1. The molecule has 2 N–H and O–H groups in total. The summed E-state index contributed by atoms with van der Waals surface area (Å²) in [5.74, 6) is -1.11. The topological polar surface area (TPSA) is 66.8 Å². The molecule has 0 aliphatic rings. The summed E-state index contributed by atoms with van der Waals surface area (Å²) in [6, 6.07) is 0. The molecule has 0 saturated carbocycles. The van der Waals surface area contributed by atoms with Crippen molar-refractivity contribution in [1.82, 2.24) is 0 Å². The molecule has 0 aromatic carbocycles. The molecule has 0 fully saturated rings. The Balaban J connectivity index is 3.40. The third kappa shape index (κ3) is 13.6. The Morgan fingerprint density at radius 3 is 2.14 bits per heavy atom. The van der Waals surface area contributed by atoms with E-state index in [0.29, 0.717) is 6.42 Å². The second-order valence-electron chi connectivity index (χ2n) is 5.22. The molecule has 0 radical (unpaired) electrons. The summed E-state index contributed by atoms with van der Waals surface area (Å²) >= 11 is 0. The maximum Gasteiger partial charge on any atom is 0.336 e. The fourth-order valence-electron chi connectivity index (χ4n) is 1.99. The van der Waals surface area contributed by atoms with Crippen LogP contribution in [0.2, 0.25) is 0 Å². The van der Waals surface area contributed by atoms with Gasteiger partial charge < -0.3 is 5.11 Å². The summed E-state index contributed by atoms with van der Waals surface area (Å²) in [6.07, 6.45) is 20.4. The van der Waals surface area contributed by atoms with E-state index in [2.05, 4.69) is 48.3 Å². The van der Waals surface area contributed by atoms with Crippen molar-refractivity contribution >= 4 is 5.97 Å². The lowest BCUT2D eigenvalue weighted by Crippen LogP contribution is -2.22. The Morgan fingerprint density at radius 2 is 1.55 bits per heavy atom. The van der Waals surface area contributed by atoms with Gasteiger partial charge in [-0.1, -0.05) is 62.6 Å². The molecule has 0 bridgehead atoms. The van der Waals surface area contributed by atoms with E-state index in [1.54, 1.807) is 0 Å². The van der Waals surface area contributed by atoms with Crippen LogP contribution >= 0.6 is 0 Å². The number of rotatable bonds is 14. The molecule has 0 unspecified atom stereocenters. The van der Waals surface area contributed by atoms with Crippen LogP contribution in [-0.2, 0) is 9.68 Å². The van der Waals surface area contributed by atoms with Crippen LogP contribution in [0.1, 0.15) is 64.7 Å². The van der Waals surface area contributed by atoms with Crippen molar-refractivity contribution in [1.29, 1.82) is 0 Å². The Labute approximate surface area is 134 Å². The number of allylic oxidation sites excluding steroid dienone is 6. The highest BCUT2D eigenvalue weighted by atomic mass is 17.1. The number of hydrogen-bond acceptors (Lipinski definition) is 3. The second kappa shape index (κ2) is 16.0. The molecule has 0 saturated heterocycles. The first-order valence-corrected chi connectivity index (χ1v) is 8.20. The largest absolute Gasteiger partial charge is 0.479 e. The standard InChI is InChI=1S/C18H30O4/c1-2-3-4-5-6-7-8-9-10-11-12-13-14-15-16-17(22-21)18(19)20/h3-4,6-7,9-10,17,21H,2,5,8,11-16H2,1H3,(H,19,20)/b4-3-,7-6-,10-9-/t17-/m0/s1. The third-order valence-electron chi connectivity index (χ3n) is 3.27. The molecule has 0 aromatic heterocycles. The molecule has 126 valence electrons. The van der Waals surface area contributed by atoms with Gasteiger partial charge in [-0.3, -0.25) is 5.26 Å². The van der Waals surface area contributed by atoms with Crippen molar-refractivity contribution < 1.29 is 20.0 Å². The van der Waals surface area contributed by atoms with Gasteiger partial charge in [0.1, 0.15) is 0 Å². The molecule has 4 nitrogen and oxygen atoms in total. The van der Waals surface area contributed by atoms with Crippen molar-refractivity contribution in [2.75, 3.05) is 0 Å². The lowest BCUT2D eigenvalue weighted by molar-refractivity contribution is -0.277. The molecule has 0 spiro atoms. The molecule has 0 aliphatic carbocycles. The van der Waals surface area contributed by atoms with Gasteiger partial charge in [-0.25, -0.2) is 9.68 Å². The first-order chi connectivity index (χ1) is 10.7. The number of carboxylic acid groups (broad SMARTS) is 1. The maximum atomic E-state index is 10.6. The van der Waals surface area contributed by atoms with Crippen LogP contribution in [0.5, 0.6) is 0 Å². The quantitative estimate of drug-likeness (QED) is 0.202. The molecule has 0 aromatic rings. The Hall–Kier alpha value is -1.39. The van der Waals surface area contributed by atoms with E-state index in [-0.39, 0.29) is 0 Å². The molecule has 4 heteroatoms. The maximum absolute atomic E-state index is 10.6. The van der Waals surface area contributed by atoms with Crippen LogP contribution in [0.15, 0.2) is 36.5 Å². The van der Waals surface area contributed by atoms with E-state index < -0.39 is 12.1 Å². The third-order valence-corrected chi connectivity index (χ3v) is 3.27. The highest BCUT2D eigenvalue weighted by molar-refractivity contribution is 5.72. The van der Waals surface area contributed by atoms with Crippen molar-refractivity contribution in [3.8, 4) is 0 Å². The summed E-state index contributed by atoms with van der Waals surface area (Å²) in [5, 5.41) is 17.1. The van der Waals surface area contributed by atoms with Gasteiger partial charge in [-0.15, -0.1) is 0 Å². The van der Waals surface area contributed by atoms with Crippen LogP contribution in [0, 0.1) is 0 Å². The summed E-state index contributed by atoms with van der Waals surface area (Å²) in [6.45, 7) is 2.13. The normalized spacial score (nSPS) is 13.5. The molecule has 0 aliphatic heterocycles. The highest BCUT2D eigenvalue weighted by Crippen LogP contribution is 2.09. The van der Waals surface area contributed by atoms with Gasteiger partial charge in [-0.2, -0.15) is 0 Å². The highest BCUT2D eigenvalue weighted by Gasteiger charge is 2.16. The molecule has 0 rings (SSSR count). The van der Waals surface area contributed by atoms with Crippen LogP contribution in [0.3, 0.4) is 0 Å². The van der Waals surface area contributed by atoms with Crippen LogP contribution < -0.4 is 0 Å². The van der Waals surface area contributed by atoms with Gasteiger partial charge >= 0.3 is 5.97 Å². The summed E-state index contributed by atoms with van der Waals surface area (Å²) < 4.78 is 0. The van der Waals surface area contributed by atoms with Gasteiger partial charge in [0.25, 0.3) is 0 Å². The minimum atomic E-state index is -1.11. The van der Waals surface area contributed by atoms with Gasteiger partial charge in [-0.05, 0) is 38.5 Å². The zero-order valence-electron chi connectivity index (χ0n) is 13.6. The molecule has 0 heterocycles. The number of carboxylic acids is 1. The zero-order chi connectivity index (χ0) is 16.5. The SMILES string of the molecule is CC/C=C\C/C=C\C/C=C\CCCCCC[C@H](OO)C(=O)O. The molecular formula is C18H30O4. The molecular weight excluding hydrogens is 280 g/mol. The van der Waals surface area contributed by atoms with E-state index in [1.807, 2.05) is 0 Å². The van der Waals surface area contributed by atoms with Gasteiger partial charge in [0.05, 0.1) is 0 Å². The average molecular weight is 310 g/mol. The van der Waals surface area contributed by atoms with Gasteiger partial charge in [0, 0.05) is 0 Å².